The van der Waals surface area contributed by atoms with E-state index in [1.807, 2.05) is 6.07 Å². The molecule has 2 atom stereocenters. The van der Waals surface area contributed by atoms with Crippen molar-refractivity contribution in [3.63, 3.8) is 0 Å². The second kappa shape index (κ2) is 9.96. The van der Waals surface area contributed by atoms with Gasteiger partial charge in [-0.05, 0) is 107 Å². The van der Waals surface area contributed by atoms with Crippen LogP contribution in [0.4, 0.5) is 11.4 Å². The van der Waals surface area contributed by atoms with Crippen molar-refractivity contribution in [2.24, 2.45) is 0 Å². The minimum atomic E-state index is -1.13. The van der Waals surface area contributed by atoms with E-state index in [0.29, 0.717) is 12.0 Å². The van der Waals surface area contributed by atoms with E-state index in [9.17, 15) is 19.5 Å². The van der Waals surface area contributed by atoms with Crippen molar-refractivity contribution < 1.29 is 19.5 Å². The molecule has 1 saturated carbocycles. The first-order valence-corrected chi connectivity index (χ1v) is 17.0. The molecule has 1 N–H and O–H groups in total. The Morgan fingerprint density at radius 3 is 2.49 bits per heavy atom. The van der Waals surface area contributed by atoms with E-state index in [1.165, 1.54) is 76.7 Å². The van der Waals surface area contributed by atoms with Crippen LogP contribution in [0.3, 0.4) is 0 Å². The number of thiophene rings is 1. The maximum absolute atomic E-state index is 13.1. The summed E-state index contributed by atoms with van der Waals surface area (Å²) >= 11 is 1.55. The van der Waals surface area contributed by atoms with E-state index in [0.717, 1.165) is 15.3 Å². The van der Waals surface area contributed by atoms with Crippen LogP contribution >= 0.6 is 11.3 Å². The highest BCUT2D eigenvalue weighted by atomic mass is 32.1. The molecule has 6 heteroatoms. The molecule has 0 spiro atoms. The number of carbonyl (C=O) groups is 3. The summed E-state index contributed by atoms with van der Waals surface area (Å²) in [7, 11) is 0. The predicted octanol–water partition coefficient (Wildman–Crippen LogP) is 9.67. The third kappa shape index (κ3) is 4.04. The van der Waals surface area contributed by atoms with Crippen LogP contribution < -0.4 is 4.90 Å². The predicted molar refractivity (Wildman–Crippen MR) is 186 cm³/mol. The quantitative estimate of drug-likeness (QED) is 0.158. The van der Waals surface area contributed by atoms with Crippen molar-refractivity contribution in [1.29, 1.82) is 0 Å². The van der Waals surface area contributed by atoms with Crippen LogP contribution in [0.2, 0.25) is 0 Å². The number of hydrogen-bond acceptors (Lipinski definition) is 5. The van der Waals surface area contributed by atoms with Gasteiger partial charge in [0.05, 0.1) is 11.1 Å². The van der Waals surface area contributed by atoms with Crippen LogP contribution in [0.1, 0.15) is 91.7 Å². The number of rotatable bonds is 4. The summed E-state index contributed by atoms with van der Waals surface area (Å²) in [6.07, 6.45) is 5.21. The lowest BCUT2D eigenvalue weighted by Crippen LogP contribution is -2.26. The second-order valence-corrected chi connectivity index (χ2v) is 14.7. The minimum Gasteiger partial charge on any atom is -0.478 e. The summed E-state index contributed by atoms with van der Waals surface area (Å²) in [5.41, 5.74) is 11.0. The molecule has 1 fully saturated rings. The van der Waals surface area contributed by atoms with Gasteiger partial charge < -0.3 is 10.0 Å². The van der Waals surface area contributed by atoms with Gasteiger partial charge in [-0.25, -0.2) is 4.79 Å². The molecule has 9 rings (SSSR count). The number of ketones is 2. The van der Waals surface area contributed by atoms with E-state index in [2.05, 4.69) is 85.5 Å². The highest BCUT2D eigenvalue weighted by Gasteiger charge is 2.43. The normalized spacial score (nSPS) is 20.7. The van der Waals surface area contributed by atoms with Crippen molar-refractivity contribution in [2.45, 2.75) is 50.5 Å². The zero-order valence-corrected chi connectivity index (χ0v) is 26.9. The van der Waals surface area contributed by atoms with Crippen LogP contribution in [-0.2, 0) is 5.41 Å². The highest BCUT2D eigenvalue weighted by molar-refractivity contribution is 7.16. The van der Waals surface area contributed by atoms with Crippen LogP contribution in [0.15, 0.2) is 96.6 Å². The monoisotopic (exact) mass is 633 g/mol. The molecular weight excluding hydrogens is 603 g/mol. The number of hydrogen-bond donors (Lipinski definition) is 1. The van der Waals surface area contributed by atoms with Crippen molar-refractivity contribution >= 4 is 46.3 Å². The molecule has 4 aromatic carbocycles. The molecular formula is C41H31NO4S. The first-order chi connectivity index (χ1) is 22.7. The van der Waals surface area contributed by atoms with Crippen LogP contribution in [-0.4, -0.2) is 28.7 Å². The number of fused-ring (bicyclic) bond motifs is 7. The van der Waals surface area contributed by atoms with E-state index in [-0.39, 0.29) is 33.5 Å². The molecule has 0 radical (unpaired) electrons. The van der Waals surface area contributed by atoms with Gasteiger partial charge in [-0.15, -0.1) is 11.3 Å². The van der Waals surface area contributed by atoms with Crippen molar-refractivity contribution in [1.82, 2.24) is 0 Å². The van der Waals surface area contributed by atoms with Gasteiger partial charge in [0.1, 0.15) is 0 Å². The molecule has 0 bridgehead atoms. The number of allylic oxidation sites excluding steroid dienone is 1. The summed E-state index contributed by atoms with van der Waals surface area (Å²) in [6.45, 7) is 4.64. The Morgan fingerprint density at radius 1 is 0.830 bits per heavy atom. The number of carboxylic acid groups (broad SMARTS) is 1. The Morgan fingerprint density at radius 2 is 1.64 bits per heavy atom. The van der Waals surface area contributed by atoms with Gasteiger partial charge in [-0.1, -0.05) is 56.7 Å². The zero-order valence-electron chi connectivity index (χ0n) is 26.0. The Labute approximate surface area is 276 Å². The molecule has 5 nitrogen and oxygen atoms in total. The summed E-state index contributed by atoms with van der Waals surface area (Å²) in [6, 6.07) is 31.2. The molecule has 5 aromatic rings. The molecule has 3 aliphatic carbocycles. The van der Waals surface area contributed by atoms with Gasteiger partial charge in [-0.2, -0.15) is 0 Å². The lowest BCUT2D eigenvalue weighted by Gasteiger charge is -2.28. The fourth-order valence-corrected chi connectivity index (χ4v) is 9.47. The molecule has 1 aromatic heterocycles. The van der Waals surface area contributed by atoms with E-state index in [1.54, 1.807) is 17.4 Å². The fourth-order valence-electron chi connectivity index (χ4n) is 8.52. The molecule has 47 heavy (non-hydrogen) atoms. The van der Waals surface area contributed by atoms with Crippen molar-refractivity contribution in [3.8, 4) is 21.6 Å². The first kappa shape index (κ1) is 28.2. The van der Waals surface area contributed by atoms with Gasteiger partial charge in [0.25, 0.3) is 0 Å². The number of benzene rings is 4. The molecule has 4 aliphatic rings. The van der Waals surface area contributed by atoms with E-state index < -0.39 is 11.8 Å². The summed E-state index contributed by atoms with van der Waals surface area (Å²) < 4.78 is 0. The Bertz CT molecular complexity index is 2260. The molecule has 1 aliphatic heterocycles. The third-order valence-corrected chi connectivity index (χ3v) is 11.9. The lowest BCUT2D eigenvalue weighted by atomic mass is 9.82. The summed E-state index contributed by atoms with van der Waals surface area (Å²) in [4.78, 5) is 42.1. The number of carbonyl (C=O) groups excluding carboxylic acids is 2. The average Bonchev–Trinajstić information content (AvgIpc) is 3.88. The average molecular weight is 634 g/mol. The third-order valence-electron chi connectivity index (χ3n) is 10.8. The van der Waals surface area contributed by atoms with Gasteiger partial charge in [-0.3, -0.25) is 9.59 Å². The SMILES string of the molecule is CC1(C)c2ccccc2-c2cc(N3c4ccc(-c5ccc(/C=C6\C(=O)c7ccc(C(=O)O)cc7C6=O)s5)cc4C4CCCC43)ccc21. The number of anilines is 2. The standard InChI is InChI=1S/C41H31NO4S/c1-41(2)33-8-4-3-6-26(33)29-20-24(12-15-34(29)41)42-35-9-5-7-27(35)30-18-22(11-16-36(30)42)37-17-13-25(47-37)21-32-38(43)28-14-10-23(40(45)46)19-31(28)39(32)44/h3-4,6,8,10-21,27,35H,5,7,9H2,1-2H3,(H,45,46)/b32-21+. The number of Topliss-reactive ketones (excluding diaryl/α,β-unsaturated/α-hetero) is 2. The molecule has 0 saturated heterocycles. The summed E-state index contributed by atoms with van der Waals surface area (Å²) in [5, 5.41) is 9.33. The van der Waals surface area contributed by atoms with Gasteiger partial charge in [0, 0.05) is 49.6 Å². The van der Waals surface area contributed by atoms with E-state index >= 15 is 0 Å². The van der Waals surface area contributed by atoms with Crippen molar-refractivity contribution in [2.75, 3.05) is 4.90 Å². The molecule has 0 amide bonds. The van der Waals surface area contributed by atoms with Crippen LogP contribution in [0.5, 0.6) is 0 Å². The summed E-state index contributed by atoms with van der Waals surface area (Å²) in [5.74, 6) is -1.43. The van der Waals surface area contributed by atoms with Gasteiger partial charge in [0.15, 0.2) is 11.6 Å². The molecule has 2 unspecified atom stereocenters. The number of nitrogens with zero attached hydrogens (tertiary/aromatic N) is 1. The highest BCUT2D eigenvalue weighted by Crippen LogP contribution is 2.55. The number of carboxylic acids is 1. The van der Waals surface area contributed by atoms with Gasteiger partial charge in [0.2, 0.25) is 0 Å². The van der Waals surface area contributed by atoms with Crippen LogP contribution in [0, 0.1) is 0 Å². The fraction of sp³-hybridized carbons (Fsp3) is 0.195. The molecule has 2 heterocycles. The van der Waals surface area contributed by atoms with Crippen molar-refractivity contribution in [3.05, 3.63) is 135 Å². The lowest BCUT2D eigenvalue weighted by molar-refractivity contribution is 0.0696. The van der Waals surface area contributed by atoms with Crippen LogP contribution in [0.25, 0.3) is 27.6 Å². The maximum Gasteiger partial charge on any atom is 0.335 e. The Hall–Kier alpha value is -5.07. The Kier molecular flexibility index (Phi) is 5.97. The maximum atomic E-state index is 13.1. The first-order valence-electron chi connectivity index (χ1n) is 16.2. The topological polar surface area (TPSA) is 74.7 Å². The van der Waals surface area contributed by atoms with Gasteiger partial charge >= 0.3 is 5.97 Å². The second-order valence-electron chi connectivity index (χ2n) is 13.6. The Balaban J connectivity index is 1.05. The largest absolute Gasteiger partial charge is 0.478 e. The van der Waals surface area contributed by atoms with E-state index in [4.69, 9.17) is 0 Å². The number of aromatic carboxylic acids is 1. The molecule has 230 valence electrons. The smallest absolute Gasteiger partial charge is 0.335 e. The zero-order chi connectivity index (χ0) is 32.2. The minimum absolute atomic E-state index is 0.00492.